The average molecular weight is 404 g/mol. The summed E-state index contributed by atoms with van der Waals surface area (Å²) < 4.78 is 25.3. The molecule has 0 radical (unpaired) electrons. The highest BCUT2D eigenvalue weighted by Crippen LogP contribution is 2.21. The number of carbonyl (C=O) groups excluding carboxylic acids is 3. The fourth-order valence-corrected chi connectivity index (χ4v) is 3.21. The molecule has 1 aromatic heterocycles. The number of amides is 1. The van der Waals surface area contributed by atoms with Gasteiger partial charge in [-0.15, -0.1) is 0 Å². The molecule has 29 heavy (non-hydrogen) atoms. The summed E-state index contributed by atoms with van der Waals surface area (Å²) in [4.78, 5) is 36.2. The van der Waals surface area contributed by atoms with Crippen LogP contribution in [0.5, 0.6) is 0 Å². The van der Waals surface area contributed by atoms with Crippen molar-refractivity contribution >= 4 is 17.7 Å². The highest BCUT2D eigenvalue weighted by molar-refractivity contribution is 6.00. The van der Waals surface area contributed by atoms with Crippen molar-refractivity contribution < 1.29 is 28.2 Å². The maximum Gasteiger partial charge on any atom is 0.325 e. The lowest BCUT2D eigenvalue weighted by atomic mass is 10.1. The standard InChI is InChI=1S/C21H25FN2O5/c1-13-8-18(15(3)24(13)14(2)11-28-4)19(25)12-29-20(26)10-23-21(27)16-6-5-7-17(22)9-16/h5-9,14H,10-12H2,1-4H3,(H,23,27). The van der Waals surface area contributed by atoms with Gasteiger partial charge in [0.2, 0.25) is 5.78 Å². The lowest BCUT2D eigenvalue weighted by molar-refractivity contribution is -0.141. The van der Waals surface area contributed by atoms with Gasteiger partial charge in [0.15, 0.2) is 6.61 Å². The van der Waals surface area contributed by atoms with Crippen LogP contribution in [0.25, 0.3) is 0 Å². The maximum absolute atomic E-state index is 13.1. The molecule has 0 aliphatic carbocycles. The topological polar surface area (TPSA) is 86.6 Å². The van der Waals surface area contributed by atoms with Gasteiger partial charge in [0.05, 0.1) is 12.6 Å². The minimum atomic E-state index is -0.760. The Kier molecular flexibility index (Phi) is 7.67. The number of nitrogens with zero attached hydrogens (tertiary/aromatic N) is 1. The zero-order chi connectivity index (χ0) is 21.6. The summed E-state index contributed by atoms with van der Waals surface area (Å²) in [6.45, 7) is 5.35. The number of halogens is 1. The van der Waals surface area contributed by atoms with Gasteiger partial charge in [0, 0.05) is 29.6 Å². The number of rotatable bonds is 9. The van der Waals surface area contributed by atoms with E-state index in [2.05, 4.69) is 5.32 Å². The molecule has 1 heterocycles. The van der Waals surface area contributed by atoms with Crippen LogP contribution in [0.2, 0.25) is 0 Å². The van der Waals surface area contributed by atoms with Gasteiger partial charge in [-0.25, -0.2) is 4.39 Å². The number of carbonyl (C=O) groups is 3. The summed E-state index contributed by atoms with van der Waals surface area (Å²) in [5.74, 6) is -2.25. The predicted octanol–water partition coefficient (Wildman–Crippen LogP) is 2.61. The van der Waals surface area contributed by atoms with Crippen molar-refractivity contribution in [2.24, 2.45) is 0 Å². The summed E-state index contributed by atoms with van der Waals surface area (Å²) in [5.41, 5.74) is 2.24. The molecule has 0 fully saturated rings. The number of benzene rings is 1. The molecule has 0 bridgehead atoms. The molecule has 1 atom stereocenters. The summed E-state index contributed by atoms with van der Waals surface area (Å²) in [6, 6.07) is 6.90. The van der Waals surface area contributed by atoms with E-state index in [1.54, 1.807) is 13.2 Å². The number of ether oxygens (including phenoxy) is 2. The van der Waals surface area contributed by atoms with Gasteiger partial charge in [-0.05, 0) is 45.0 Å². The third-order valence-corrected chi connectivity index (χ3v) is 4.48. The predicted molar refractivity (Wildman–Crippen MR) is 105 cm³/mol. The second-order valence-corrected chi connectivity index (χ2v) is 6.74. The van der Waals surface area contributed by atoms with Crippen LogP contribution in [0.1, 0.15) is 45.1 Å². The van der Waals surface area contributed by atoms with E-state index < -0.39 is 30.8 Å². The molecule has 1 unspecified atom stereocenters. The SMILES string of the molecule is COCC(C)n1c(C)cc(C(=O)COC(=O)CNC(=O)c2cccc(F)c2)c1C. The van der Waals surface area contributed by atoms with Crippen LogP contribution in [-0.2, 0) is 14.3 Å². The van der Waals surface area contributed by atoms with Crippen LogP contribution in [-0.4, -0.2) is 49.1 Å². The Morgan fingerprint density at radius 3 is 2.59 bits per heavy atom. The van der Waals surface area contributed by atoms with Gasteiger partial charge in [-0.3, -0.25) is 14.4 Å². The van der Waals surface area contributed by atoms with E-state index in [1.807, 2.05) is 25.3 Å². The molecule has 156 valence electrons. The molecule has 7 nitrogen and oxygen atoms in total. The Balaban J connectivity index is 1.89. The first-order valence-electron chi connectivity index (χ1n) is 9.14. The number of aryl methyl sites for hydroxylation is 1. The van der Waals surface area contributed by atoms with E-state index in [9.17, 15) is 18.8 Å². The number of nitrogens with one attached hydrogen (secondary N) is 1. The molecule has 0 aliphatic rings. The first-order valence-corrected chi connectivity index (χ1v) is 9.14. The quantitative estimate of drug-likeness (QED) is 0.513. The van der Waals surface area contributed by atoms with Crippen LogP contribution in [0.4, 0.5) is 4.39 Å². The Morgan fingerprint density at radius 2 is 1.93 bits per heavy atom. The number of hydrogen-bond donors (Lipinski definition) is 1. The summed E-state index contributed by atoms with van der Waals surface area (Å²) >= 11 is 0. The van der Waals surface area contributed by atoms with Crippen LogP contribution >= 0.6 is 0 Å². The van der Waals surface area contributed by atoms with E-state index in [1.165, 1.54) is 18.2 Å². The molecule has 8 heteroatoms. The van der Waals surface area contributed by atoms with Crippen molar-refractivity contribution in [3.63, 3.8) is 0 Å². The minimum Gasteiger partial charge on any atom is -0.456 e. The van der Waals surface area contributed by atoms with Gasteiger partial charge >= 0.3 is 5.97 Å². The minimum absolute atomic E-state index is 0.0575. The van der Waals surface area contributed by atoms with E-state index in [0.717, 1.165) is 17.5 Å². The number of Topliss-reactive ketones (excluding diaryl/α,β-unsaturated/α-hetero) is 1. The normalized spacial score (nSPS) is 11.8. The van der Waals surface area contributed by atoms with Gasteiger partial charge in [0.1, 0.15) is 12.4 Å². The molecule has 2 rings (SSSR count). The van der Waals surface area contributed by atoms with Crippen molar-refractivity contribution in [3.05, 3.63) is 58.7 Å². The molecule has 1 N–H and O–H groups in total. The van der Waals surface area contributed by atoms with Crippen molar-refractivity contribution in [1.29, 1.82) is 0 Å². The zero-order valence-electron chi connectivity index (χ0n) is 17.0. The van der Waals surface area contributed by atoms with E-state index in [-0.39, 0.29) is 17.4 Å². The van der Waals surface area contributed by atoms with Gasteiger partial charge in [-0.1, -0.05) is 6.07 Å². The Morgan fingerprint density at radius 1 is 1.21 bits per heavy atom. The molecule has 2 aromatic rings. The van der Waals surface area contributed by atoms with Crippen molar-refractivity contribution in [3.8, 4) is 0 Å². The van der Waals surface area contributed by atoms with Gasteiger partial charge in [0.25, 0.3) is 5.91 Å². The number of hydrogen-bond acceptors (Lipinski definition) is 5. The molecule has 0 saturated carbocycles. The smallest absolute Gasteiger partial charge is 0.325 e. The molecule has 0 spiro atoms. The largest absolute Gasteiger partial charge is 0.456 e. The summed E-state index contributed by atoms with van der Waals surface area (Å²) in [5, 5.41) is 2.33. The third-order valence-electron chi connectivity index (χ3n) is 4.48. The first kappa shape index (κ1) is 22.3. The van der Waals surface area contributed by atoms with E-state index >= 15 is 0 Å². The fraction of sp³-hybridized carbons (Fsp3) is 0.381. The number of ketones is 1. The summed E-state index contributed by atoms with van der Waals surface area (Å²) in [6.07, 6.45) is 0. The summed E-state index contributed by atoms with van der Waals surface area (Å²) in [7, 11) is 1.61. The number of methoxy groups -OCH3 is 1. The lowest BCUT2D eigenvalue weighted by Gasteiger charge is -2.17. The van der Waals surface area contributed by atoms with E-state index in [4.69, 9.17) is 9.47 Å². The fourth-order valence-electron chi connectivity index (χ4n) is 3.21. The molecule has 1 amide bonds. The van der Waals surface area contributed by atoms with Crippen molar-refractivity contribution in [2.75, 3.05) is 26.9 Å². The Hall–Kier alpha value is -3.00. The monoisotopic (exact) mass is 404 g/mol. The van der Waals surface area contributed by atoms with Crippen LogP contribution in [0.3, 0.4) is 0 Å². The highest BCUT2D eigenvalue weighted by atomic mass is 19.1. The van der Waals surface area contributed by atoms with Crippen LogP contribution in [0.15, 0.2) is 30.3 Å². The highest BCUT2D eigenvalue weighted by Gasteiger charge is 2.20. The number of aromatic nitrogens is 1. The maximum atomic E-state index is 13.1. The second kappa shape index (κ2) is 9.97. The molecular formula is C21H25FN2O5. The van der Waals surface area contributed by atoms with Gasteiger partial charge in [-0.2, -0.15) is 0 Å². The molecular weight excluding hydrogens is 379 g/mol. The van der Waals surface area contributed by atoms with Crippen molar-refractivity contribution in [2.45, 2.75) is 26.8 Å². The third kappa shape index (κ3) is 5.74. The average Bonchev–Trinajstić information content (AvgIpc) is 2.98. The Labute approximate surface area is 168 Å². The lowest BCUT2D eigenvalue weighted by Crippen LogP contribution is -2.31. The first-order chi connectivity index (χ1) is 13.7. The second-order valence-electron chi connectivity index (χ2n) is 6.74. The van der Waals surface area contributed by atoms with Crippen LogP contribution < -0.4 is 5.32 Å². The molecule has 1 aromatic carbocycles. The molecule has 0 aliphatic heterocycles. The van der Waals surface area contributed by atoms with Crippen molar-refractivity contribution in [1.82, 2.24) is 9.88 Å². The Bertz CT molecular complexity index is 906. The zero-order valence-corrected chi connectivity index (χ0v) is 17.0. The van der Waals surface area contributed by atoms with Gasteiger partial charge < -0.3 is 19.4 Å². The van der Waals surface area contributed by atoms with Crippen LogP contribution in [0, 0.1) is 19.7 Å². The molecule has 0 saturated heterocycles. The number of esters is 1. The van der Waals surface area contributed by atoms with E-state index in [0.29, 0.717) is 12.2 Å².